The van der Waals surface area contributed by atoms with E-state index < -0.39 is 6.10 Å². The van der Waals surface area contributed by atoms with E-state index in [0.29, 0.717) is 12.8 Å². The first kappa shape index (κ1) is 53.3. The molecule has 6 heteroatoms. The molecule has 0 saturated carbocycles. The van der Waals surface area contributed by atoms with Crippen molar-refractivity contribution in [1.82, 2.24) is 0 Å². The van der Waals surface area contributed by atoms with Gasteiger partial charge in [-0.25, -0.2) is 0 Å². The summed E-state index contributed by atoms with van der Waals surface area (Å²) in [6.07, 6.45) is 58.3. The molecule has 0 spiro atoms. The van der Waals surface area contributed by atoms with Crippen molar-refractivity contribution in [2.45, 2.75) is 194 Å². The minimum absolute atomic E-state index is 0.101. The van der Waals surface area contributed by atoms with Gasteiger partial charge in [0.25, 0.3) is 0 Å². The maximum absolute atomic E-state index is 12.7. The highest BCUT2D eigenvalue weighted by Gasteiger charge is 2.19. The number of hydrogen-bond donors (Lipinski definition) is 0. The molecule has 1 unspecified atom stereocenters. The number of carbonyl (C=O) groups excluding carboxylic acids is 3. The second-order valence-electron chi connectivity index (χ2n) is 14.5. The van der Waals surface area contributed by atoms with Crippen LogP contribution in [0, 0.1) is 0 Å². The van der Waals surface area contributed by atoms with E-state index in [9.17, 15) is 14.4 Å². The van der Waals surface area contributed by atoms with Gasteiger partial charge in [-0.3, -0.25) is 14.4 Å². The molecule has 0 aromatic carbocycles. The Kier molecular flexibility index (Phi) is 42.1. The normalized spacial score (nSPS) is 13.0. The van der Waals surface area contributed by atoms with Gasteiger partial charge in [0.2, 0.25) is 0 Å². The highest BCUT2D eigenvalue weighted by Crippen LogP contribution is 2.12. The molecular formula is C51H82O6. The van der Waals surface area contributed by atoms with Crippen molar-refractivity contribution in [2.75, 3.05) is 13.2 Å². The van der Waals surface area contributed by atoms with Crippen molar-refractivity contribution in [2.24, 2.45) is 0 Å². The van der Waals surface area contributed by atoms with Crippen LogP contribution in [0.1, 0.15) is 188 Å². The second kappa shape index (κ2) is 45.0. The average molecular weight is 791 g/mol. The number of unbranched alkanes of at least 4 members (excludes halogenated alkanes) is 12. The number of ether oxygens (including phenoxy) is 3. The van der Waals surface area contributed by atoms with E-state index in [1.54, 1.807) is 0 Å². The van der Waals surface area contributed by atoms with Crippen LogP contribution in [0.25, 0.3) is 0 Å². The summed E-state index contributed by atoms with van der Waals surface area (Å²) >= 11 is 0. The third-order valence-electron chi connectivity index (χ3n) is 9.08. The van der Waals surface area contributed by atoms with Crippen molar-refractivity contribution in [3.05, 3.63) is 97.2 Å². The number of rotatable bonds is 39. The number of esters is 3. The molecule has 6 nitrogen and oxygen atoms in total. The average Bonchev–Trinajstić information content (AvgIpc) is 3.21. The molecule has 322 valence electrons. The molecule has 0 fully saturated rings. The van der Waals surface area contributed by atoms with Crippen molar-refractivity contribution in [3.8, 4) is 0 Å². The predicted molar refractivity (Wildman–Crippen MR) is 242 cm³/mol. The SMILES string of the molecule is CC/C=C\C/C=C\C/C=C\C/C=C\C/C=C\CCCCCC(=O)OCC(COC(=O)CCCCCCCCC)OC(=O)CCCCC/C=C\C/C=C\C/C=C\CC. The van der Waals surface area contributed by atoms with Gasteiger partial charge in [0.1, 0.15) is 13.2 Å². The van der Waals surface area contributed by atoms with Gasteiger partial charge in [-0.1, -0.05) is 169 Å². The fraction of sp³-hybridized carbons (Fsp3) is 0.627. The molecular weight excluding hydrogens is 709 g/mol. The molecule has 0 aliphatic rings. The summed E-state index contributed by atoms with van der Waals surface area (Å²) in [5, 5.41) is 0. The van der Waals surface area contributed by atoms with Crippen molar-refractivity contribution < 1.29 is 28.6 Å². The van der Waals surface area contributed by atoms with Crippen molar-refractivity contribution >= 4 is 17.9 Å². The molecule has 0 bridgehead atoms. The summed E-state index contributed by atoms with van der Waals surface area (Å²) in [5.41, 5.74) is 0. The Bertz CT molecular complexity index is 1180. The zero-order chi connectivity index (χ0) is 41.5. The summed E-state index contributed by atoms with van der Waals surface area (Å²) < 4.78 is 16.6. The number of hydrogen-bond acceptors (Lipinski definition) is 6. The second-order valence-corrected chi connectivity index (χ2v) is 14.5. The Morgan fingerprint density at radius 1 is 0.368 bits per heavy atom. The molecule has 0 rings (SSSR count). The van der Waals surface area contributed by atoms with Gasteiger partial charge in [0.15, 0.2) is 6.10 Å². The van der Waals surface area contributed by atoms with Crippen LogP contribution in [0.3, 0.4) is 0 Å². The Morgan fingerprint density at radius 3 is 1.07 bits per heavy atom. The minimum atomic E-state index is -0.803. The Balaban J connectivity index is 4.42. The first-order valence-electron chi connectivity index (χ1n) is 22.7. The summed E-state index contributed by atoms with van der Waals surface area (Å²) in [4.78, 5) is 37.6. The summed E-state index contributed by atoms with van der Waals surface area (Å²) in [6.45, 7) is 6.28. The Labute approximate surface area is 349 Å². The lowest BCUT2D eigenvalue weighted by molar-refractivity contribution is -0.167. The van der Waals surface area contributed by atoms with Crippen LogP contribution in [-0.4, -0.2) is 37.2 Å². The smallest absolute Gasteiger partial charge is 0.306 e. The first-order valence-corrected chi connectivity index (χ1v) is 22.7. The van der Waals surface area contributed by atoms with Crippen LogP contribution in [0.5, 0.6) is 0 Å². The maximum Gasteiger partial charge on any atom is 0.306 e. The predicted octanol–water partition coefficient (Wildman–Crippen LogP) is 14.6. The van der Waals surface area contributed by atoms with Crippen molar-refractivity contribution in [1.29, 1.82) is 0 Å². The van der Waals surface area contributed by atoms with E-state index in [-0.39, 0.29) is 37.5 Å². The van der Waals surface area contributed by atoms with E-state index in [0.717, 1.165) is 122 Å². The molecule has 0 aliphatic heterocycles. The fourth-order valence-corrected chi connectivity index (χ4v) is 5.72. The van der Waals surface area contributed by atoms with Gasteiger partial charge < -0.3 is 14.2 Å². The topological polar surface area (TPSA) is 78.9 Å². The maximum atomic E-state index is 12.7. The van der Waals surface area contributed by atoms with Gasteiger partial charge in [-0.2, -0.15) is 0 Å². The lowest BCUT2D eigenvalue weighted by atomic mass is 10.1. The van der Waals surface area contributed by atoms with Crippen molar-refractivity contribution in [3.63, 3.8) is 0 Å². The molecule has 57 heavy (non-hydrogen) atoms. The summed E-state index contributed by atoms with van der Waals surface area (Å²) in [7, 11) is 0. The standard InChI is InChI=1S/C51H82O6/c1-4-7-10-13-16-18-20-22-23-24-25-26-27-29-30-32-35-38-41-44-50(53)56-47-48(46-55-49(52)43-40-37-34-15-12-9-6-3)57-51(54)45-42-39-36-33-31-28-21-19-17-14-11-8-5-2/h7-8,10-11,16-19,22-23,25-26,28-31,48H,4-6,9,12-15,20-21,24,27,32-47H2,1-3H3/b10-7-,11-8-,18-16-,19-17-,23-22-,26-25-,30-29-,31-28-. The molecule has 0 aliphatic carbocycles. The summed E-state index contributed by atoms with van der Waals surface area (Å²) in [5.74, 6) is -0.982. The molecule has 0 aromatic rings. The van der Waals surface area contributed by atoms with Crippen LogP contribution in [0.2, 0.25) is 0 Å². The Hall–Kier alpha value is -3.67. The van der Waals surface area contributed by atoms with E-state index in [1.165, 1.54) is 25.7 Å². The van der Waals surface area contributed by atoms with Gasteiger partial charge in [0.05, 0.1) is 0 Å². The first-order chi connectivity index (χ1) is 28.0. The molecule has 0 saturated heterocycles. The van der Waals surface area contributed by atoms with E-state index in [2.05, 4.69) is 118 Å². The fourth-order valence-electron chi connectivity index (χ4n) is 5.72. The van der Waals surface area contributed by atoms with Gasteiger partial charge in [0, 0.05) is 19.3 Å². The van der Waals surface area contributed by atoms with E-state index >= 15 is 0 Å². The number of carbonyl (C=O) groups is 3. The zero-order valence-electron chi connectivity index (χ0n) is 36.6. The monoisotopic (exact) mass is 791 g/mol. The molecule has 0 radical (unpaired) electrons. The third-order valence-corrected chi connectivity index (χ3v) is 9.08. The van der Waals surface area contributed by atoms with Crippen LogP contribution in [-0.2, 0) is 28.6 Å². The molecule has 1 atom stereocenters. The Morgan fingerprint density at radius 2 is 0.684 bits per heavy atom. The largest absolute Gasteiger partial charge is 0.462 e. The molecule has 0 N–H and O–H groups in total. The molecule has 0 amide bonds. The molecule has 0 aromatic heterocycles. The quantitative estimate of drug-likeness (QED) is 0.0267. The van der Waals surface area contributed by atoms with Crippen LogP contribution in [0.4, 0.5) is 0 Å². The van der Waals surface area contributed by atoms with Crippen LogP contribution in [0.15, 0.2) is 97.2 Å². The highest BCUT2D eigenvalue weighted by molar-refractivity contribution is 5.71. The van der Waals surface area contributed by atoms with Gasteiger partial charge in [-0.05, 0) is 96.3 Å². The lowest BCUT2D eigenvalue weighted by Crippen LogP contribution is -2.30. The minimum Gasteiger partial charge on any atom is -0.462 e. The molecule has 0 heterocycles. The number of allylic oxidation sites excluding steroid dienone is 16. The van der Waals surface area contributed by atoms with E-state index in [4.69, 9.17) is 14.2 Å². The van der Waals surface area contributed by atoms with Gasteiger partial charge >= 0.3 is 17.9 Å². The third kappa shape index (κ3) is 43.3. The van der Waals surface area contributed by atoms with Gasteiger partial charge in [-0.15, -0.1) is 0 Å². The lowest BCUT2D eigenvalue weighted by Gasteiger charge is -2.18. The zero-order valence-corrected chi connectivity index (χ0v) is 36.6. The highest BCUT2D eigenvalue weighted by atomic mass is 16.6. The summed E-state index contributed by atoms with van der Waals surface area (Å²) in [6, 6.07) is 0. The van der Waals surface area contributed by atoms with Crippen LogP contribution < -0.4 is 0 Å². The van der Waals surface area contributed by atoms with Crippen LogP contribution >= 0.6 is 0 Å². The van der Waals surface area contributed by atoms with E-state index in [1.807, 2.05) is 0 Å².